The summed E-state index contributed by atoms with van der Waals surface area (Å²) in [5.74, 6) is 2.11. The molecule has 3 heterocycles. The number of carbonyl (C=O) groups is 1. The predicted molar refractivity (Wildman–Crippen MR) is 203 cm³/mol. The highest BCUT2D eigenvalue weighted by Crippen LogP contribution is 2.76. The zero-order valence-electron chi connectivity index (χ0n) is 33.7. The first-order valence-electron chi connectivity index (χ1n) is 22.4. The highest BCUT2D eigenvalue weighted by Gasteiger charge is 2.78. The van der Waals surface area contributed by atoms with Crippen molar-refractivity contribution in [1.29, 1.82) is 0 Å². The quantitative estimate of drug-likeness (QED) is 0.206. The van der Waals surface area contributed by atoms with E-state index < -0.39 is 28.3 Å². The lowest BCUT2D eigenvalue weighted by Crippen LogP contribution is -2.94. The average Bonchev–Trinajstić information content (AvgIpc) is 3.69. The van der Waals surface area contributed by atoms with Gasteiger partial charge in [0.05, 0.1) is 23.9 Å². The van der Waals surface area contributed by atoms with Crippen LogP contribution in [0.15, 0.2) is 11.1 Å². The fourth-order valence-corrected chi connectivity index (χ4v) is 15.7. The van der Waals surface area contributed by atoms with Crippen molar-refractivity contribution in [3.05, 3.63) is 11.1 Å². The second-order valence-electron chi connectivity index (χ2n) is 21.7. The molecule has 7 fully saturated rings. The monoisotopic (exact) mass is 738 g/mol. The van der Waals surface area contributed by atoms with Crippen LogP contribution in [0.5, 0.6) is 0 Å². The summed E-state index contributed by atoms with van der Waals surface area (Å²) in [5.41, 5.74) is 4.77. The van der Waals surface area contributed by atoms with Gasteiger partial charge in [-0.3, -0.25) is 10.5 Å². The number of hydrogen-bond acceptors (Lipinski definition) is 7. The lowest BCUT2D eigenvalue weighted by Gasteiger charge is -2.65. The number of aliphatic hydroxyl groups is 3. The summed E-state index contributed by atoms with van der Waals surface area (Å²) in [6.45, 7) is 12.9. The topological polar surface area (TPSA) is 142 Å². The first-order chi connectivity index (χ1) is 25.1. The first kappa shape index (κ1) is 37.7. The van der Waals surface area contributed by atoms with Crippen LogP contribution < -0.4 is 11.1 Å². The van der Waals surface area contributed by atoms with Gasteiger partial charge in [0.15, 0.2) is 5.78 Å². The lowest BCUT2D eigenvalue weighted by atomic mass is 9.40. The molecule has 0 radical (unpaired) electrons. The van der Waals surface area contributed by atoms with Gasteiger partial charge in [-0.05, 0) is 161 Å². The van der Waals surface area contributed by atoms with Crippen molar-refractivity contribution in [2.75, 3.05) is 13.2 Å². The second-order valence-corrected chi connectivity index (χ2v) is 21.7. The van der Waals surface area contributed by atoms with Crippen LogP contribution in [0.2, 0.25) is 0 Å². The van der Waals surface area contributed by atoms with Crippen molar-refractivity contribution < 1.29 is 34.9 Å². The molecule has 3 aliphatic heterocycles. The second kappa shape index (κ2) is 12.8. The Morgan fingerprint density at radius 3 is 2.47 bits per heavy atom. The summed E-state index contributed by atoms with van der Waals surface area (Å²) < 4.78 is 14.0. The van der Waals surface area contributed by atoms with E-state index in [0.717, 1.165) is 94.7 Å². The number of rotatable bonds is 8. The number of hydrogen-bond donors (Lipinski definition) is 5. The Labute approximate surface area is 319 Å². The van der Waals surface area contributed by atoms with Crippen molar-refractivity contribution in [2.45, 2.75) is 191 Å². The molecule has 0 aromatic rings. The zero-order chi connectivity index (χ0) is 37.3. The molecule has 8 nitrogen and oxygen atoms in total. The molecule has 0 bridgehead atoms. The van der Waals surface area contributed by atoms with Gasteiger partial charge in [-0.2, -0.15) is 0 Å². The van der Waals surface area contributed by atoms with E-state index in [0.29, 0.717) is 30.8 Å². The van der Waals surface area contributed by atoms with Crippen LogP contribution in [-0.2, 0) is 14.3 Å². The molecule has 15 atom stereocenters. The van der Waals surface area contributed by atoms with Crippen LogP contribution in [0.4, 0.5) is 0 Å². The zero-order valence-corrected chi connectivity index (χ0v) is 33.7. The number of quaternary nitrogens is 1. The number of allylic oxidation sites excluding steroid dienone is 1. The maximum Gasteiger partial charge on any atom is 0.162 e. The van der Waals surface area contributed by atoms with Crippen LogP contribution in [0, 0.1) is 57.7 Å². The van der Waals surface area contributed by atoms with Crippen molar-refractivity contribution in [2.24, 2.45) is 63.4 Å². The van der Waals surface area contributed by atoms with Gasteiger partial charge in [0.25, 0.3) is 0 Å². The van der Waals surface area contributed by atoms with Crippen molar-refractivity contribution in [1.82, 2.24) is 0 Å². The van der Waals surface area contributed by atoms with E-state index in [9.17, 15) is 20.1 Å². The summed E-state index contributed by atoms with van der Waals surface area (Å²) >= 11 is 0. The Balaban J connectivity index is 1.06. The molecule has 8 heteroatoms. The molecule has 9 rings (SSSR count). The number of fused-ring (bicyclic) bond motifs is 2. The summed E-state index contributed by atoms with van der Waals surface area (Å²) in [6, 6.07) is 0. The molecule has 4 saturated carbocycles. The molecule has 3 saturated heterocycles. The van der Waals surface area contributed by atoms with E-state index in [4.69, 9.17) is 15.2 Å². The van der Waals surface area contributed by atoms with Gasteiger partial charge < -0.3 is 30.1 Å². The maximum atomic E-state index is 14.9. The number of nitrogens with two attached hydrogens (primary N) is 2. The SMILES string of the molecule is C[C@@H]1CCO[C@@]([C@@H]2O[C@@H]2[C@](C)(O)C(C)(C)CCC2CC[NH2+]C(N)C2)([C@@H]2C[C@H]3CCC4=C5C(CC[C@@]2(C)[C@]53O)[C@]2(C3CCCC3)CC[C@H](O)C[C@H]2C4=O)C1. The minimum Gasteiger partial charge on any atom is -0.393 e. The largest absolute Gasteiger partial charge is 0.393 e. The third kappa shape index (κ3) is 5.26. The third-order valence-electron chi connectivity index (χ3n) is 18.9. The highest BCUT2D eigenvalue weighted by molar-refractivity contribution is 6.00. The van der Waals surface area contributed by atoms with Gasteiger partial charge in [-0.25, -0.2) is 0 Å². The van der Waals surface area contributed by atoms with E-state index in [1.165, 1.54) is 32.1 Å². The van der Waals surface area contributed by atoms with Gasteiger partial charge in [-0.15, -0.1) is 0 Å². The third-order valence-corrected chi connectivity index (χ3v) is 18.9. The first-order valence-corrected chi connectivity index (χ1v) is 22.4. The smallest absolute Gasteiger partial charge is 0.162 e. The number of ketones is 1. The van der Waals surface area contributed by atoms with E-state index in [1.54, 1.807) is 0 Å². The Bertz CT molecular complexity index is 1490. The van der Waals surface area contributed by atoms with Crippen LogP contribution in [0.3, 0.4) is 0 Å². The number of ether oxygens (including phenoxy) is 2. The molecule has 53 heavy (non-hydrogen) atoms. The van der Waals surface area contributed by atoms with E-state index >= 15 is 0 Å². The number of epoxide rings is 1. The van der Waals surface area contributed by atoms with Gasteiger partial charge in [-0.1, -0.05) is 40.5 Å². The average molecular weight is 738 g/mol. The molecule has 7 N–H and O–H groups in total. The Kier molecular flexibility index (Phi) is 9.11. The maximum absolute atomic E-state index is 14.9. The molecule has 0 spiro atoms. The number of aliphatic hydroxyl groups excluding tert-OH is 1. The van der Waals surface area contributed by atoms with Gasteiger partial charge >= 0.3 is 0 Å². The Hall–Kier alpha value is -0.870. The Morgan fingerprint density at radius 1 is 0.962 bits per heavy atom. The lowest BCUT2D eigenvalue weighted by molar-refractivity contribution is -0.699. The summed E-state index contributed by atoms with van der Waals surface area (Å²) in [4.78, 5) is 14.9. The van der Waals surface area contributed by atoms with Crippen molar-refractivity contribution in [3.63, 3.8) is 0 Å². The van der Waals surface area contributed by atoms with Crippen molar-refractivity contribution >= 4 is 5.78 Å². The summed E-state index contributed by atoms with van der Waals surface area (Å²) in [6.07, 6.45) is 16.8. The molecular formula is C45H73N2O6+. The van der Waals surface area contributed by atoms with Gasteiger partial charge in [0, 0.05) is 24.4 Å². The van der Waals surface area contributed by atoms with Gasteiger partial charge in [0.2, 0.25) is 0 Å². The van der Waals surface area contributed by atoms with Crippen LogP contribution in [0.1, 0.15) is 150 Å². The van der Waals surface area contributed by atoms with Crippen molar-refractivity contribution in [3.8, 4) is 0 Å². The minimum atomic E-state index is -1.04. The van der Waals surface area contributed by atoms with E-state index in [-0.39, 0.29) is 58.7 Å². The van der Waals surface area contributed by atoms with Crippen LogP contribution >= 0.6 is 0 Å². The van der Waals surface area contributed by atoms with Crippen LogP contribution in [-0.4, -0.2) is 75.5 Å². The molecule has 0 aromatic heterocycles. The summed E-state index contributed by atoms with van der Waals surface area (Å²) in [5, 5.41) is 39.6. The molecule has 9 aliphatic rings. The fraction of sp³-hybridized carbons (Fsp3) is 0.933. The predicted octanol–water partition coefficient (Wildman–Crippen LogP) is 5.55. The number of Topliss-reactive ketones (excluding diaryl/α,β-unsaturated/α-hetero) is 1. The fourth-order valence-electron chi connectivity index (χ4n) is 15.7. The van der Waals surface area contributed by atoms with E-state index in [1.807, 2.05) is 6.92 Å². The molecule has 6 aliphatic carbocycles. The highest BCUT2D eigenvalue weighted by atomic mass is 16.6. The molecular weight excluding hydrogens is 665 g/mol. The Morgan fingerprint density at radius 2 is 1.74 bits per heavy atom. The van der Waals surface area contributed by atoms with Crippen LogP contribution in [0.25, 0.3) is 0 Å². The molecule has 0 amide bonds. The molecule has 0 aromatic carbocycles. The molecule has 298 valence electrons. The number of carbonyl (C=O) groups excluding carboxylic acids is 1. The van der Waals surface area contributed by atoms with E-state index in [2.05, 4.69) is 33.0 Å². The normalized spacial score (nSPS) is 51.2. The minimum absolute atomic E-state index is 0.0675. The number of piperidine rings is 1. The summed E-state index contributed by atoms with van der Waals surface area (Å²) in [7, 11) is 0. The van der Waals surface area contributed by atoms with Gasteiger partial charge in [0.1, 0.15) is 24.0 Å². The standard InChI is InChI=1S/C45H72N2O6/c1-26-16-21-52-44(25-26,39-38(53-39)42(5,50)40(2,3)17-12-27-15-20-47-35(46)22-27)34-23-29-10-11-31-36-32(14-18-41(34,4)45(29,36)51)43(28-8-6-7-9-28)19-13-30(48)24-33(43)37(31)49/h26-30,32-35,38-39,47-48,50-51H,6-25,46H2,1-5H3/p+1/t26-,27?,29-,30+,32?,33+,34-,35?,38+,39-,41-,42+,43-,44-,45-/m1/s1. The molecule has 3 unspecified atom stereocenters.